The van der Waals surface area contributed by atoms with Gasteiger partial charge in [0.1, 0.15) is 5.75 Å². The Morgan fingerprint density at radius 2 is 1.67 bits per heavy atom. The van der Waals surface area contributed by atoms with Crippen molar-refractivity contribution in [2.45, 2.75) is 20.8 Å². The molecule has 0 aromatic heterocycles. The van der Waals surface area contributed by atoms with Gasteiger partial charge in [0.25, 0.3) is 0 Å². The van der Waals surface area contributed by atoms with Gasteiger partial charge in [-0.05, 0) is 48.2 Å². The molecule has 1 saturated heterocycles. The first-order valence-corrected chi connectivity index (χ1v) is 7.45. The summed E-state index contributed by atoms with van der Waals surface area (Å²) in [5.41, 5.74) is 5.26. The van der Waals surface area contributed by atoms with Crippen LogP contribution in [0.15, 0.2) is 42.5 Å². The highest BCUT2D eigenvalue weighted by Crippen LogP contribution is 2.32. The monoisotopic (exact) mass is 282 g/mol. The zero-order valence-electron chi connectivity index (χ0n) is 13.0. The Morgan fingerprint density at radius 3 is 2.19 bits per heavy atom. The summed E-state index contributed by atoms with van der Waals surface area (Å²) < 4.78 is 11.3. The molecule has 1 aliphatic heterocycles. The van der Waals surface area contributed by atoms with Gasteiger partial charge in [-0.1, -0.05) is 37.3 Å². The molecule has 3 rings (SSSR count). The second-order valence-corrected chi connectivity index (χ2v) is 6.39. The maximum Gasteiger partial charge on any atom is 0.119 e. The van der Waals surface area contributed by atoms with Gasteiger partial charge in [0.2, 0.25) is 0 Å². The summed E-state index contributed by atoms with van der Waals surface area (Å²) in [5.74, 6) is 0.956. The molecule has 0 amide bonds. The molecule has 0 saturated carbocycles. The topological polar surface area (TPSA) is 18.5 Å². The van der Waals surface area contributed by atoms with Gasteiger partial charge >= 0.3 is 0 Å². The van der Waals surface area contributed by atoms with Gasteiger partial charge in [-0.15, -0.1) is 0 Å². The van der Waals surface area contributed by atoms with Crippen LogP contribution < -0.4 is 4.74 Å². The molecule has 0 unspecified atom stereocenters. The molecule has 1 fully saturated rings. The maximum atomic E-state index is 5.99. The van der Waals surface area contributed by atoms with Crippen molar-refractivity contribution >= 4 is 0 Å². The predicted molar refractivity (Wildman–Crippen MR) is 85.8 cm³/mol. The molecule has 110 valence electrons. The average molecular weight is 282 g/mol. The molecular formula is C19H22O2. The van der Waals surface area contributed by atoms with Crippen LogP contribution in [0.5, 0.6) is 5.75 Å². The van der Waals surface area contributed by atoms with E-state index in [0.717, 1.165) is 25.6 Å². The van der Waals surface area contributed by atoms with Crippen molar-refractivity contribution in [3.63, 3.8) is 0 Å². The fourth-order valence-corrected chi connectivity index (χ4v) is 2.86. The molecule has 2 nitrogen and oxygen atoms in total. The van der Waals surface area contributed by atoms with Crippen molar-refractivity contribution in [3.05, 3.63) is 53.6 Å². The molecule has 2 aromatic carbocycles. The molecule has 0 radical (unpaired) electrons. The lowest BCUT2D eigenvalue weighted by Crippen LogP contribution is -2.44. The second kappa shape index (κ2) is 5.53. The van der Waals surface area contributed by atoms with Crippen LogP contribution in [0, 0.1) is 19.3 Å². The van der Waals surface area contributed by atoms with Gasteiger partial charge < -0.3 is 9.47 Å². The first-order valence-electron chi connectivity index (χ1n) is 7.45. The van der Waals surface area contributed by atoms with E-state index < -0.39 is 0 Å². The van der Waals surface area contributed by atoms with Crippen molar-refractivity contribution in [2.24, 2.45) is 5.41 Å². The van der Waals surface area contributed by atoms with E-state index >= 15 is 0 Å². The van der Waals surface area contributed by atoms with Crippen LogP contribution in [0.4, 0.5) is 0 Å². The summed E-state index contributed by atoms with van der Waals surface area (Å²) in [7, 11) is 0. The van der Waals surface area contributed by atoms with Crippen molar-refractivity contribution in [3.8, 4) is 16.9 Å². The zero-order chi connectivity index (χ0) is 14.9. The zero-order valence-corrected chi connectivity index (χ0v) is 13.0. The van der Waals surface area contributed by atoms with Crippen LogP contribution in [0.1, 0.15) is 18.1 Å². The summed E-state index contributed by atoms with van der Waals surface area (Å²) in [6.07, 6.45) is 0. The fraction of sp³-hybridized carbons (Fsp3) is 0.368. The summed E-state index contributed by atoms with van der Waals surface area (Å²) in [4.78, 5) is 0. The van der Waals surface area contributed by atoms with Crippen LogP contribution >= 0.6 is 0 Å². The van der Waals surface area contributed by atoms with Crippen LogP contribution in [0.25, 0.3) is 11.1 Å². The number of ether oxygens (including phenoxy) is 2. The van der Waals surface area contributed by atoms with E-state index in [2.05, 4.69) is 57.2 Å². The lowest BCUT2D eigenvalue weighted by atomic mass is 9.90. The minimum absolute atomic E-state index is 0.180. The second-order valence-electron chi connectivity index (χ2n) is 6.39. The number of hydrogen-bond acceptors (Lipinski definition) is 2. The number of aryl methyl sites for hydroxylation is 2. The molecule has 2 heteroatoms. The van der Waals surface area contributed by atoms with Gasteiger partial charge in [-0.25, -0.2) is 0 Å². The van der Waals surface area contributed by atoms with E-state index in [1.54, 1.807) is 0 Å². The molecule has 1 heterocycles. The quantitative estimate of drug-likeness (QED) is 0.828. The third-order valence-corrected chi connectivity index (χ3v) is 4.06. The normalized spacial score (nSPS) is 16.3. The Balaban J connectivity index is 1.82. The number of benzene rings is 2. The highest BCUT2D eigenvalue weighted by atomic mass is 16.5. The van der Waals surface area contributed by atoms with Crippen LogP contribution in [-0.4, -0.2) is 19.8 Å². The van der Waals surface area contributed by atoms with Gasteiger partial charge in [0.15, 0.2) is 0 Å². The predicted octanol–water partition coefficient (Wildman–Crippen LogP) is 4.39. The van der Waals surface area contributed by atoms with Crippen LogP contribution in [0.2, 0.25) is 0 Å². The molecule has 0 aliphatic carbocycles. The minimum Gasteiger partial charge on any atom is -0.493 e. The van der Waals surface area contributed by atoms with Gasteiger partial charge in [0.05, 0.1) is 19.8 Å². The molecular weight excluding hydrogens is 260 g/mol. The lowest BCUT2D eigenvalue weighted by Gasteiger charge is -2.37. The average Bonchev–Trinajstić information content (AvgIpc) is 2.43. The Kier molecular flexibility index (Phi) is 3.73. The van der Waals surface area contributed by atoms with E-state index in [9.17, 15) is 0 Å². The van der Waals surface area contributed by atoms with Gasteiger partial charge in [-0.2, -0.15) is 0 Å². The van der Waals surface area contributed by atoms with Crippen molar-refractivity contribution in [1.82, 2.24) is 0 Å². The Labute approximate surface area is 126 Å². The first-order chi connectivity index (χ1) is 10.1. The third-order valence-electron chi connectivity index (χ3n) is 4.06. The number of hydrogen-bond donors (Lipinski definition) is 0. The van der Waals surface area contributed by atoms with Gasteiger partial charge in [-0.3, -0.25) is 0 Å². The first kappa shape index (κ1) is 14.2. The van der Waals surface area contributed by atoms with E-state index in [-0.39, 0.29) is 5.41 Å². The van der Waals surface area contributed by atoms with E-state index in [1.165, 1.54) is 22.3 Å². The summed E-state index contributed by atoms with van der Waals surface area (Å²) in [5, 5.41) is 0. The Hall–Kier alpha value is -1.80. The highest BCUT2D eigenvalue weighted by Gasteiger charge is 2.34. The molecule has 1 aliphatic rings. The van der Waals surface area contributed by atoms with Crippen molar-refractivity contribution in [2.75, 3.05) is 19.8 Å². The highest BCUT2D eigenvalue weighted by molar-refractivity contribution is 5.71. The SMILES string of the molecule is Cc1cc(OCC2(C)COC2)cc(C)c1-c1ccccc1. The fourth-order valence-electron chi connectivity index (χ4n) is 2.86. The van der Waals surface area contributed by atoms with Crippen molar-refractivity contribution in [1.29, 1.82) is 0 Å². The summed E-state index contributed by atoms with van der Waals surface area (Å²) in [6, 6.07) is 14.8. The van der Waals surface area contributed by atoms with E-state index in [4.69, 9.17) is 9.47 Å². The van der Waals surface area contributed by atoms with Gasteiger partial charge in [0, 0.05) is 5.41 Å². The van der Waals surface area contributed by atoms with Crippen LogP contribution in [0.3, 0.4) is 0 Å². The number of rotatable bonds is 4. The Bertz CT molecular complexity index is 604. The minimum atomic E-state index is 0.180. The van der Waals surface area contributed by atoms with E-state index in [0.29, 0.717) is 0 Å². The van der Waals surface area contributed by atoms with Crippen molar-refractivity contribution < 1.29 is 9.47 Å². The maximum absolute atomic E-state index is 5.99. The smallest absolute Gasteiger partial charge is 0.119 e. The molecule has 21 heavy (non-hydrogen) atoms. The Morgan fingerprint density at radius 1 is 1.05 bits per heavy atom. The molecule has 0 N–H and O–H groups in total. The molecule has 2 aromatic rings. The molecule has 0 spiro atoms. The summed E-state index contributed by atoms with van der Waals surface area (Å²) in [6.45, 7) is 8.82. The van der Waals surface area contributed by atoms with Crippen LogP contribution in [-0.2, 0) is 4.74 Å². The standard InChI is InChI=1S/C19H22O2/c1-14-9-17(21-13-19(3)11-20-12-19)10-15(2)18(14)16-7-5-4-6-8-16/h4-10H,11-13H2,1-3H3. The largest absolute Gasteiger partial charge is 0.493 e. The lowest BCUT2D eigenvalue weighted by molar-refractivity contribution is -0.120. The molecule has 0 bridgehead atoms. The van der Waals surface area contributed by atoms with E-state index in [1.807, 2.05) is 6.07 Å². The summed E-state index contributed by atoms with van der Waals surface area (Å²) >= 11 is 0. The molecule has 0 atom stereocenters. The third kappa shape index (κ3) is 2.96.